The third-order valence-electron chi connectivity index (χ3n) is 6.33. The molecule has 3 heterocycles. The van der Waals surface area contributed by atoms with E-state index in [1.165, 1.54) is 11.8 Å². The predicted octanol–water partition coefficient (Wildman–Crippen LogP) is 3.28. The van der Waals surface area contributed by atoms with Gasteiger partial charge in [0.2, 0.25) is 0 Å². The second kappa shape index (κ2) is 10.2. The van der Waals surface area contributed by atoms with Crippen molar-refractivity contribution < 1.29 is 14.6 Å². The van der Waals surface area contributed by atoms with E-state index in [1.807, 2.05) is 25.1 Å². The van der Waals surface area contributed by atoms with E-state index in [9.17, 15) is 9.90 Å². The molecule has 7 heteroatoms. The lowest BCUT2D eigenvalue weighted by molar-refractivity contribution is -0.169. The van der Waals surface area contributed by atoms with Crippen LogP contribution >= 0.6 is 11.8 Å². The number of nitrogens with one attached hydrogen (secondary N) is 2. The number of hydrogen-bond donors (Lipinski definition) is 3. The minimum atomic E-state index is -0.756. The Bertz CT molecular complexity index is 946. The van der Waals surface area contributed by atoms with E-state index in [2.05, 4.69) is 39.9 Å². The molecule has 4 rings (SSSR count). The molecule has 1 amide bonds. The van der Waals surface area contributed by atoms with Gasteiger partial charge in [0.25, 0.3) is 5.91 Å². The highest BCUT2D eigenvalue weighted by molar-refractivity contribution is 7.99. The summed E-state index contributed by atoms with van der Waals surface area (Å²) in [6.45, 7) is 3.93. The summed E-state index contributed by atoms with van der Waals surface area (Å²) in [5.74, 6) is 0.496. The highest BCUT2D eigenvalue weighted by atomic mass is 32.2. The summed E-state index contributed by atoms with van der Waals surface area (Å²) in [6, 6.07) is 13.7. The largest absolute Gasteiger partial charge is 0.388 e. The van der Waals surface area contributed by atoms with Gasteiger partial charge >= 0.3 is 0 Å². The van der Waals surface area contributed by atoms with Crippen LogP contribution in [0.1, 0.15) is 42.1 Å². The molecule has 2 atom stereocenters. The van der Waals surface area contributed by atoms with Crippen LogP contribution in [0.2, 0.25) is 0 Å². The number of aromatic nitrogens is 1. The molecule has 32 heavy (non-hydrogen) atoms. The number of benzene rings is 1. The first-order valence-electron chi connectivity index (χ1n) is 11.1. The lowest BCUT2D eigenvalue weighted by Crippen LogP contribution is -2.65. The van der Waals surface area contributed by atoms with E-state index in [1.54, 1.807) is 18.3 Å². The topological polar surface area (TPSA) is 83.5 Å². The number of carbonyl (C=O) groups is 1. The molecule has 2 aliphatic heterocycles. The Kier molecular flexibility index (Phi) is 7.30. The molecule has 0 saturated carbocycles. The molecule has 170 valence electrons. The summed E-state index contributed by atoms with van der Waals surface area (Å²) in [6.07, 6.45) is 7.44. The minimum Gasteiger partial charge on any atom is -0.388 e. The smallest absolute Gasteiger partial charge is 0.254 e. The van der Waals surface area contributed by atoms with Crippen LogP contribution < -0.4 is 10.6 Å². The minimum absolute atomic E-state index is 0.208. The number of hydrogen-bond acceptors (Lipinski definition) is 6. The van der Waals surface area contributed by atoms with Crippen LogP contribution in [-0.2, 0) is 4.74 Å². The molecule has 0 aliphatic carbocycles. The van der Waals surface area contributed by atoms with Gasteiger partial charge in [-0.2, -0.15) is 0 Å². The summed E-state index contributed by atoms with van der Waals surface area (Å²) < 4.78 is 6.06. The molecule has 2 aromatic rings. The lowest BCUT2D eigenvalue weighted by Gasteiger charge is -2.50. The summed E-state index contributed by atoms with van der Waals surface area (Å²) >= 11 is 1.52. The van der Waals surface area contributed by atoms with Gasteiger partial charge in [0.05, 0.1) is 23.3 Å². The van der Waals surface area contributed by atoms with Crippen molar-refractivity contribution in [1.82, 2.24) is 15.6 Å². The van der Waals surface area contributed by atoms with Gasteiger partial charge in [-0.25, -0.2) is 4.98 Å². The van der Waals surface area contributed by atoms with E-state index in [4.69, 9.17) is 4.74 Å². The first kappa shape index (κ1) is 23.0. The number of pyridine rings is 1. The van der Waals surface area contributed by atoms with E-state index < -0.39 is 11.6 Å². The van der Waals surface area contributed by atoms with Gasteiger partial charge < -0.3 is 20.5 Å². The molecule has 0 radical (unpaired) electrons. The van der Waals surface area contributed by atoms with Crippen LogP contribution in [0.4, 0.5) is 0 Å². The van der Waals surface area contributed by atoms with Crippen molar-refractivity contribution in [2.45, 2.75) is 48.5 Å². The number of carbonyl (C=O) groups excluding carboxylic acids is 1. The summed E-state index contributed by atoms with van der Waals surface area (Å²) in [5.41, 5.74) is 0.629. The number of ether oxygens (including phenoxy) is 1. The predicted molar refractivity (Wildman–Crippen MR) is 128 cm³/mol. The van der Waals surface area contributed by atoms with Crippen LogP contribution in [0.25, 0.3) is 6.08 Å². The summed E-state index contributed by atoms with van der Waals surface area (Å²) in [4.78, 5) is 17.7. The number of aliphatic hydroxyl groups excluding tert-OH is 1. The number of nitrogens with zero attached hydrogens (tertiary/aromatic N) is 1. The van der Waals surface area contributed by atoms with Crippen molar-refractivity contribution in [2.75, 3.05) is 25.4 Å². The van der Waals surface area contributed by atoms with Crippen molar-refractivity contribution in [3.63, 3.8) is 0 Å². The Balaban J connectivity index is 1.43. The Morgan fingerprint density at radius 2 is 2.06 bits per heavy atom. The molecule has 0 unspecified atom stereocenters. The quantitative estimate of drug-likeness (QED) is 0.583. The third-order valence-corrected chi connectivity index (χ3v) is 7.29. The SMILES string of the molecule is C[C@]1(NC(=O)c2cccnc2SCC=Cc2ccccc2)CC2(CCNCC2)OC[C@@H]1O. The standard InChI is InChI=1S/C25H31N3O3S/c1-24(18-25(31-17-21(24)29)11-14-26-15-12-25)28-22(30)20-10-5-13-27-23(20)32-16-6-9-19-7-3-2-4-8-19/h2-10,13,21,26,29H,11-12,14-18H2,1H3,(H,28,30)/t21-,24-/m0/s1. The summed E-state index contributed by atoms with van der Waals surface area (Å²) in [7, 11) is 0. The van der Waals surface area contributed by atoms with Crippen molar-refractivity contribution in [3.05, 3.63) is 65.9 Å². The first-order chi connectivity index (χ1) is 15.5. The molecule has 1 aromatic heterocycles. The van der Waals surface area contributed by atoms with Gasteiger partial charge in [0, 0.05) is 18.4 Å². The molecular formula is C25H31N3O3S. The van der Waals surface area contributed by atoms with Gasteiger partial charge in [0.15, 0.2) is 0 Å². The van der Waals surface area contributed by atoms with Crippen LogP contribution in [0.15, 0.2) is 59.8 Å². The molecule has 3 N–H and O–H groups in total. The number of rotatable bonds is 6. The van der Waals surface area contributed by atoms with Crippen molar-refractivity contribution >= 4 is 23.7 Å². The van der Waals surface area contributed by atoms with Crippen LogP contribution in [0.5, 0.6) is 0 Å². The maximum Gasteiger partial charge on any atom is 0.254 e. The van der Waals surface area contributed by atoms with Gasteiger partial charge in [0.1, 0.15) is 11.1 Å². The molecule has 6 nitrogen and oxygen atoms in total. The fourth-order valence-corrected chi connectivity index (χ4v) is 5.29. The molecule has 2 saturated heterocycles. The van der Waals surface area contributed by atoms with Crippen LogP contribution in [-0.4, -0.2) is 58.7 Å². The number of aliphatic hydroxyl groups is 1. The Labute approximate surface area is 193 Å². The highest BCUT2D eigenvalue weighted by Crippen LogP contribution is 2.38. The van der Waals surface area contributed by atoms with E-state index in [0.29, 0.717) is 22.8 Å². The molecule has 1 aromatic carbocycles. The number of amides is 1. The van der Waals surface area contributed by atoms with Crippen molar-refractivity contribution in [3.8, 4) is 0 Å². The Morgan fingerprint density at radius 1 is 1.28 bits per heavy atom. The van der Waals surface area contributed by atoms with Crippen LogP contribution in [0.3, 0.4) is 0 Å². The normalized spacial score (nSPS) is 25.1. The van der Waals surface area contributed by atoms with Crippen molar-refractivity contribution in [2.24, 2.45) is 0 Å². The zero-order chi connectivity index (χ0) is 22.4. The van der Waals surface area contributed by atoms with Gasteiger partial charge in [-0.15, -0.1) is 11.8 Å². The molecule has 1 spiro atoms. The summed E-state index contributed by atoms with van der Waals surface area (Å²) in [5, 5.41) is 17.9. The molecule has 2 aliphatic rings. The first-order valence-corrected chi connectivity index (χ1v) is 12.1. The lowest BCUT2D eigenvalue weighted by atomic mass is 9.75. The van der Waals surface area contributed by atoms with E-state index in [-0.39, 0.29) is 18.1 Å². The molecular weight excluding hydrogens is 422 g/mol. The number of thioether (sulfide) groups is 1. The average molecular weight is 454 g/mol. The highest BCUT2D eigenvalue weighted by Gasteiger charge is 2.49. The van der Waals surface area contributed by atoms with E-state index in [0.717, 1.165) is 31.5 Å². The van der Waals surface area contributed by atoms with Gasteiger partial charge in [-0.05, 0) is 50.6 Å². The fraction of sp³-hybridized carbons (Fsp3) is 0.440. The Morgan fingerprint density at radius 3 is 2.84 bits per heavy atom. The zero-order valence-corrected chi connectivity index (χ0v) is 19.2. The second-order valence-electron chi connectivity index (χ2n) is 8.79. The maximum absolute atomic E-state index is 13.3. The maximum atomic E-state index is 13.3. The zero-order valence-electron chi connectivity index (χ0n) is 18.4. The third kappa shape index (κ3) is 5.41. The molecule has 2 fully saturated rings. The fourth-order valence-electron chi connectivity index (χ4n) is 4.49. The van der Waals surface area contributed by atoms with Crippen LogP contribution in [0, 0.1) is 0 Å². The Hall–Kier alpha value is -2.19. The molecule has 0 bridgehead atoms. The average Bonchev–Trinajstić information content (AvgIpc) is 2.81. The van der Waals surface area contributed by atoms with E-state index >= 15 is 0 Å². The van der Waals surface area contributed by atoms with Crippen molar-refractivity contribution in [1.29, 1.82) is 0 Å². The van der Waals surface area contributed by atoms with Gasteiger partial charge in [-0.3, -0.25) is 4.79 Å². The second-order valence-corrected chi connectivity index (χ2v) is 9.80. The monoisotopic (exact) mass is 453 g/mol. The number of piperidine rings is 1. The van der Waals surface area contributed by atoms with Gasteiger partial charge in [-0.1, -0.05) is 42.5 Å².